The van der Waals surface area contributed by atoms with Crippen molar-refractivity contribution in [2.45, 2.75) is 40.5 Å². The van der Waals surface area contributed by atoms with Crippen molar-refractivity contribution >= 4 is 23.2 Å². The number of phenolic OH excluding ortho intramolecular Hbond substituents is 1. The molecule has 2 aromatic rings. The summed E-state index contributed by atoms with van der Waals surface area (Å²) in [5, 5.41) is 13.3. The van der Waals surface area contributed by atoms with Gasteiger partial charge in [-0.3, -0.25) is 14.6 Å². The number of allylic oxidation sites excluding steroid dienone is 2. The number of aryl methyl sites for hydroxylation is 2. The summed E-state index contributed by atoms with van der Waals surface area (Å²) in [5.74, 6) is 0.458. The van der Waals surface area contributed by atoms with E-state index < -0.39 is 6.17 Å². The van der Waals surface area contributed by atoms with Crippen molar-refractivity contribution in [2.24, 2.45) is 4.99 Å². The van der Waals surface area contributed by atoms with Gasteiger partial charge in [0.2, 0.25) is 5.91 Å². The molecule has 0 aromatic heterocycles. The first-order valence-corrected chi connectivity index (χ1v) is 11.7. The molecule has 0 saturated carbocycles. The minimum absolute atomic E-state index is 0.0802. The molecule has 1 atom stereocenters. The summed E-state index contributed by atoms with van der Waals surface area (Å²) in [6.45, 7) is 11.7. The Morgan fingerprint density at radius 3 is 2.53 bits per heavy atom. The molecule has 2 N–H and O–H groups in total. The Morgan fingerprint density at radius 1 is 1.25 bits per heavy atom. The summed E-state index contributed by atoms with van der Waals surface area (Å²) in [6, 6.07) is 8.81. The van der Waals surface area contributed by atoms with Crippen molar-refractivity contribution in [3.63, 3.8) is 0 Å². The van der Waals surface area contributed by atoms with Gasteiger partial charge in [-0.15, -0.1) is 0 Å². The molecule has 3 rings (SSSR count). The molecule has 0 radical (unpaired) electrons. The number of phenols is 1. The van der Waals surface area contributed by atoms with Crippen molar-refractivity contribution in [1.29, 1.82) is 0 Å². The van der Waals surface area contributed by atoms with E-state index in [0.29, 0.717) is 41.4 Å². The average Bonchev–Trinajstić information content (AvgIpc) is 2.82. The second-order valence-electron chi connectivity index (χ2n) is 8.58. The number of aromatic hydroxyl groups is 1. The monoisotopic (exact) mass is 491 g/mol. The number of hydrogen-bond donors (Lipinski definition) is 2. The second-order valence-corrected chi connectivity index (χ2v) is 8.58. The van der Waals surface area contributed by atoms with Gasteiger partial charge in [0.05, 0.1) is 17.9 Å². The number of anilines is 1. The van der Waals surface area contributed by atoms with Crippen LogP contribution < -0.4 is 10.1 Å². The van der Waals surface area contributed by atoms with Gasteiger partial charge in [0, 0.05) is 31.8 Å². The molecule has 2 amide bonds. The lowest BCUT2D eigenvalue weighted by molar-refractivity contribution is -0.130. The number of carbonyl (C=O) groups excluding carboxylic acids is 2. The molecule has 0 fully saturated rings. The highest BCUT2D eigenvalue weighted by atomic mass is 16.5. The zero-order valence-corrected chi connectivity index (χ0v) is 21.4. The van der Waals surface area contributed by atoms with Crippen molar-refractivity contribution in [3.8, 4) is 11.5 Å². The van der Waals surface area contributed by atoms with Gasteiger partial charge in [-0.2, -0.15) is 0 Å². The van der Waals surface area contributed by atoms with Gasteiger partial charge in [-0.1, -0.05) is 18.7 Å². The fourth-order valence-electron chi connectivity index (χ4n) is 4.23. The Labute approximate surface area is 211 Å². The predicted molar refractivity (Wildman–Crippen MR) is 140 cm³/mol. The molecule has 190 valence electrons. The average molecular weight is 492 g/mol. The van der Waals surface area contributed by atoms with E-state index in [9.17, 15) is 14.7 Å². The zero-order chi connectivity index (χ0) is 26.4. The number of aliphatic imine (C=N–C) groups is 1. The van der Waals surface area contributed by atoms with Crippen molar-refractivity contribution in [2.75, 3.05) is 25.6 Å². The molecule has 1 aliphatic rings. The van der Waals surface area contributed by atoms with E-state index in [0.717, 1.165) is 16.7 Å². The van der Waals surface area contributed by atoms with E-state index in [4.69, 9.17) is 14.5 Å². The highest BCUT2D eigenvalue weighted by molar-refractivity contribution is 6.26. The lowest BCUT2D eigenvalue weighted by Crippen LogP contribution is -2.42. The van der Waals surface area contributed by atoms with Gasteiger partial charge in [0.15, 0.2) is 0 Å². The van der Waals surface area contributed by atoms with Crippen LogP contribution in [0.25, 0.3) is 0 Å². The Bertz CT molecular complexity index is 1210. The number of methoxy groups -OCH3 is 1. The van der Waals surface area contributed by atoms with E-state index >= 15 is 0 Å². The molecular weight excluding hydrogens is 458 g/mol. The van der Waals surface area contributed by atoms with E-state index in [-0.39, 0.29) is 24.2 Å². The Balaban J connectivity index is 1.92. The molecule has 2 aromatic carbocycles. The number of benzene rings is 2. The van der Waals surface area contributed by atoms with Crippen LogP contribution in [0.1, 0.15) is 42.3 Å². The van der Waals surface area contributed by atoms with Crippen LogP contribution in [-0.4, -0.2) is 47.8 Å². The van der Waals surface area contributed by atoms with Crippen molar-refractivity contribution in [1.82, 2.24) is 4.90 Å². The van der Waals surface area contributed by atoms with Gasteiger partial charge >= 0.3 is 0 Å². The van der Waals surface area contributed by atoms with Gasteiger partial charge in [-0.05, 0) is 67.8 Å². The summed E-state index contributed by atoms with van der Waals surface area (Å²) < 4.78 is 11.3. The molecule has 0 spiro atoms. The molecule has 0 bridgehead atoms. The number of amides is 2. The molecule has 8 nitrogen and oxygen atoms in total. The highest BCUT2D eigenvalue weighted by Crippen LogP contribution is 2.33. The first kappa shape index (κ1) is 26.7. The lowest BCUT2D eigenvalue weighted by atomic mass is 10.0. The summed E-state index contributed by atoms with van der Waals surface area (Å²) in [7, 11) is 1.58. The van der Waals surface area contributed by atoms with Gasteiger partial charge in [0.1, 0.15) is 24.3 Å². The number of rotatable bonds is 9. The van der Waals surface area contributed by atoms with Crippen LogP contribution in [0, 0.1) is 13.8 Å². The molecule has 1 aliphatic heterocycles. The van der Waals surface area contributed by atoms with Crippen LogP contribution in [0.5, 0.6) is 11.5 Å². The second kappa shape index (κ2) is 11.7. The third kappa shape index (κ3) is 5.83. The summed E-state index contributed by atoms with van der Waals surface area (Å²) in [5.41, 5.74) is 4.73. The molecule has 36 heavy (non-hydrogen) atoms. The SMILES string of the molecule is C=CC1=NC(c2ccc(O)c(COc3c(C)cc(NC(C)=O)cc3C)c2)N(CCOC)C(=O)/C1=C/C. The maximum Gasteiger partial charge on any atom is 0.257 e. The normalized spacial score (nSPS) is 16.6. The standard InChI is InChI=1S/C28H33N3O5/c1-7-23-24(8-2)30-27(31(28(23)34)11-12-35-6)20-9-10-25(33)21(15-20)16-36-26-17(3)13-22(14-18(26)4)29-19(5)32/h7-10,13-15,27,33H,2,11-12,16H2,1,3-6H3,(H,29,32)/b23-7+. The predicted octanol–water partition coefficient (Wildman–Crippen LogP) is 4.61. The van der Waals surface area contributed by atoms with Crippen LogP contribution in [0.15, 0.2) is 59.6 Å². The maximum absolute atomic E-state index is 13.2. The van der Waals surface area contributed by atoms with Crippen LogP contribution in [0.3, 0.4) is 0 Å². The van der Waals surface area contributed by atoms with Crippen LogP contribution >= 0.6 is 0 Å². The summed E-state index contributed by atoms with van der Waals surface area (Å²) in [4.78, 5) is 31.0. The molecule has 1 unspecified atom stereocenters. The largest absolute Gasteiger partial charge is 0.508 e. The van der Waals surface area contributed by atoms with Crippen LogP contribution in [0.4, 0.5) is 5.69 Å². The van der Waals surface area contributed by atoms with Crippen LogP contribution in [-0.2, 0) is 20.9 Å². The zero-order valence-electron chi connectivity index (χ0n) is 21.4. The summed E-state index contributed by atoms with van der Waals surface area (Å²) >= 11 is 0. The van der Waals surface area contributed by atoms with E-state index in [1.54, 1.807) is 49.3 Å². The number of carbonyl (C=O) groups is 2. The topological polar surface area (TPSA) is 100 Å². The maximum atomic E-state index is 13.2. The smallest absolute Gasteiger partial charge is 0.257 e. The number of ether oxygens (including phenoxy) is 2. The Kier molecular flexibility index (Phi) is 8.66. The van der Waals surface area contributed by atoms with Crippen molar-refractivity contribution < 1.29 is 24.2 Å². The number of nitrogens with one attached hydrogen (secondary N) is 1. The first-order valence-electron chi connectivity index (χ1n) is 11.7. The minimum atomic E-state index is -0.593. The van der Waals surface area contributed by atoms with Gasteiger partial charge < -0.3 is 24.8 Å². The Morgan fingerprint density at radius 2 is 1.94 bits per heavy atom. The molecular formula is C28H33N3O5. The van der Waals surface area contributed by atoms with Crippen LogP contribution in [0.2, 0.25) is 0 Å². The van der Waals surface area contributed by atoms with E-state index in [1.807, 2.05) is 26.0 Å². The van der Waals surface area contributed by atoms with Gasteiger partial charge in [-0.25, -0.2) is 0 Å². The molecule has 0 saturated heterocycles. The molecule has 1 heterocycles. The fraction of sp³-hybridized carbons (Fsp3) is 0.321. The lowest BCUT2D eigenvalue weighted by Gasteiger charge is -2.34. The summed E-state index contributed by atoms with van der Waals surface area (Å²) in [6.07, 6.45) is 2.72. The number of hydrogen-bond acceptors (Lipinski definition) is 6. The minimum Gasteiger partial charge on any atom is -0.508 e. The third-order valence-electron chi connectivity index (χ3n) is 5.90. The third-order valence-corrected chi connectivity index (χ3v) is 5.90. The van der Waals surface area contributed by atoms with E-state index in [1.165, 1.54) is 6.92 Å². The highest BCUT2D eigenvalue weighted by Gasteiger charge is 2.33. The molecule has 8 heteroatoms. The first-order chi connectivity index (χ1) is 17.2. The molecule has 0 aliphatic carbocycles. The van der Waals surface area contributed by atoms with Gasteiger partial charge in [0.25, 0.3) is 5.91 Å². The van der Waals surface area contributed by atoms with E-state index in [2.05, 4.69) is 11.9 Å². The fourth-order valence-corrected chi connectivity index (χ4v) is 4.23. The number of nitrogens with zero attached hydrogens (tertiary/aromatic N) is 2. The Hall–Kier alpha value is -3.91. The van der Waals surface area contributed by atoms with Crippen molar-refractivity contribution in [3.05, 3.63) is 76.9 Å². The quantitative estimate of drug-likeness (QED) is 0.499.